The van der Waals surface area contributed by atoms with E-state index in [1.54, 1.807) is 0 Å². The van der Waals surface area contributed by atoms with E-state index in [0.29, 0.717) is 29.4 Å². The fourth-order valence-corrected chi connectivity index (χ4v) is 3.95. The number of rotatable bonds is 3. The first-order chi connectivity index (χ1) is 10.4. The van der Waals surface area contributed by atoms with Crippen molar-refractivity contribution in [1.29, 1.82) is 0 Å². The Balaban J connectivity index is 0.00000192. The third kappa shape index (κ3) is 3.91. The summed E-state index contributed by atoms with van der Waals surface area (Å²) in [6, 6.07) is 0. The monoisotopic (exact) mass is 359 g/mol. The molecular formula is C15H22ClN3O3S. The molecule has 1 fully saturated rings. The molecule has 0 aromatic carbocycles. The molecule has 128 valence electrons. The molecule has 1 amide bonds. The Labute approximate surface area is 145 Å². The highest BCUT2D eigenvalue weighted by Crippen LogP contribution is 2.38. The molecule has 0 spiro atoms. The molecule has 1 saturated heterocycles. The van der Waals surface area contributed by atoms with Crippen LogP contribution in [0.4, 0.5) is 5.13 Å². The van der Waals surface area contributed by atoms with Gasteiger partial charge in [0.25, 0.3) is 5.91 Å². The van der Waals surface area contributed by atoms with Gasteiger partial charge in [0, 0.05) is 13.0 Å². The molecule has 23 heavy (non-hydrogen) atoms. The summed E-state index contributed by atoms with van der Waals surface area (Å²) in [7, 11) is 0. The largest absolute Gasteiger partial charge is 0.364 e. The second-order valence-electron chi connectivity index (χ2n) is 6.78. The van der Waals surface area contributed by atoms with E-state index in [1.165, 1.54) is 11.3 Å². The molecule has 0 bridgehead atoms. The summed E-state index contributed by atoms with van der Waals surface area (Å²) in [5.74, 6) is -0.0849. The number of carbonyl (C=O) groups is 2. The normalized spacial score (nSPS) is 25.6. The van der Waals surface area contributed by atoms with Gasteiger partial charge in [-0.15, -0.1) is 12.4 Å². The number of Topliss-reactive ketones (excluding diaryl/α,β-unsaturated/α-hetero) is 1. The molecule has 0 radical (unpaired) electrons. The third-order valence-corrected chi connectivity index (χ3v) is 5.18. The van der Waals surface area contributed by atoms with Gasteiger partial charge < -0.3 is 10.5 Å². The van der Waals surface area contributed by atoms with E-state index >= 15 is 0 Å². The molecule has 2 atom stereocenters. The number of thiazole rings is 1. The lowest BCUT2D eigenvalue weighted by Crippen LogP contribution is -2.29. The number of nitrogens with zero attached hydrogens (tertiary/aromatic N) is 1. The van der Waals surface area contributed by atoms with E-state index < -0.39 is 6.10 Å². The number of carbonyl (C=O) groups excluding carboxylic acids is 2. The Morgan fingerprint density at radius 2 is 2.17 bits per heavy atom. The van der Waals surface area contributed by atoms with Crippen molar-refractivity contribution in [1.82, 2.24) is 4.98 Å². The van der Waals surface area contributed by atoms with Crippen molar-refractivity contribution < 1.29 is 14.3 Å². The van der Waals surface area contributed by atoms with Gasteiger partial charge in [0.1, 0.15) is 6.10 Å². The van der Waals surface area contributed by atoms with Gasteiger partial charge in [-0.2, -0.15) is 0 Å². The predicted octanol–water partition coefficient (Wildman–Crippen LogP) is 2.16. The van der Waals surface area contributed by atoms with Crippen LogP contribution in [0.2, 0.25) is 0 Å². The average Bonchev–Trinajstić information content (AvgIpc) is 3.03. The van der Waals surface area contributed by atoms with Crippen molar-refractivity contribution in [3.05, 3.63) is 10.6 Å². The number of nitrogens with one attached hydrogen (secondary N) is 1. The van der Waals surface area contributed by atoms with Crippen LogP contribution in [0, 0.1) is 5.41 Å². The molecule has 8 heteroatoms. The number of anilines is 1. The Hall–Kier alpha value is -1.02. The molecule has 1 aromatic rings. The molecule has 3 N–H and O–H groups in total. The number of nitrogens with two attached hydrogens (primary N) is 1. The summed E-state index contributed by atoms with van der Waals surface area (Å²) >= 11 is 1.27. The lowest BCUT2D eigenvalue weighted by Gasteiger charge is -2.26. The van der Waals surface area contributed by atoms with Crippen LogP contribution in [0.3, 0.4) is 0 Å². The van der Waals surface area contributed by atoms with E-state index in [-0.39, 0.29) is 35.6 Å². The zero-order valence-corrected chi connectivity index (χ0v) is 14.9. The van der Waals surface area contributed by atoms with Crippen molar-refractivity contribution in [2.75, 3.05) is 11.9 Å². The number of amides is 1. The zero-order chi connectivity index (χ0) is 15.9. The predicted molar refractivity (Wildman–Crippen MR) is 91.4 cm³/mol. The summed E-state index contributed by atoms with van der Waals surface area (Å²) in [6.07, 6.45) is 2.25. The van der Waals surface area contributed by atoms with Gasteiger partial charge in [0.2, 0.25) is 0 Å². The van der Waals surface area contributed by atoms with Crippen LogP contribution in [0.1, 0.15) is 48.5 Å². The summed E-state index contributed by atoms with van der Waals surface area (Å²) in [5, 5.41) is 3.27. The lowest BCUT2D eigenvalue weighted by atomic mass is 9.78. The molecule has 6 nitrogen and oxygen atoms in total. The van der Waals surface area contributed by atoms with Crippen LogP contribution in [-0.2, 0) is 16.0 Å². The molecule has 0 saturated carbocycles. The van der Waals surface area contributed by atoms with Gasteiger partial charge in [-0.3, -0.25) is 14.9 Å². The molecule has 2 aliphatic rings. The highest BCUT2D eigenvalue weighted by atomic mass is 35.5. The maximum Gasteiger partial charge on any atom is 0.255 e. The van der Waals surface area contributed by atoms with Crippen LogP contribution in [0.5, 0.6) is 0 Å². The quantitative estimate of drug-likeness (QED) is 0.862. The summed E-state index contributed by atoms with van der Waals surface area (Å²) in [5.41, 5.74) is 6.28. The van der Waals surface area contributed by atoms with Crippen molar-refractivity contribution in [3.63, 3.8) is 0 Å². The highest BCUT2D eigenvalue weighted by molar-refractivity contribution is 7.17. The summed E-state index contributed by atoms with van der Waals surface area (Å²) in [4.78, 5) is 29.5. The van der Waals surface area contributed by atoms with E-state index in [9.17, 15) is 9.59 Å². The Morgan fingerprint density at radius 1 is 1.43 bits per heavy atom. The maximum atomic E-state index is 12.2. The summed E-state index contributed by atoms with van der Waals surface area (Å²) < 4.78 is 5.57. The fraction of sp³-hybridized carbons (Fsp3) is 0.667. The first-order valence-electron chi connectivity index (χ1n) is 7.57. The van der Waals surface area contributed by atoms with Gasteiger partial charge in [0.15, 0.2) is 10.9 Å². The van der Waals surface area contributed by atoms with Crippen molar-refractivity contribution in [3.8, 4) is 0 Å². The van der Waals surface area contributed by atoms with Crippen LogP contribution >= 0.6 is 23.7 Å². The van der Waals surface area contributed by atoms with Crippen LogP contribution in [0.25, 0.3) is 0 Å². The number of aromatic nitrogens is 1. The number of ether oxygens (including phenoxy) is 1. The number of fused-ring (bicyclic) bond motifs is 1. The van der Waals surface area contributed by atoms with E-state index in [4.69, 9.17) is 10.5 Å². The first kappa shape index (κ1) is 18.3. The molecule has 3 rings (SSSR count). The molecule has 2 heterocycles. The van der Waals surface area contributed by atoms with Crippen molar-refractivity contribution >= 4 is 40.6 Å². The number of halogens is 1. The van der Waals surface area contributed by atoms with E-state index in [1.807, 2.05) is 0 Å². The Morgan fingerprint density at radius 3 is 2.83 bits per heavy atom. The third-order valence-electron chi connectivity index (χ3n) is 4.13. The first-order valence-corrected chi connectivity index (χ1v) is 8.39. The standard InChI is InChI=1S/C15H21N3O3S.ClH/c1-15(2)5-9-12(10(19)6-15)22-14(17-9)18-13(20)11-4-3-8(7-16)21-11;/h8,11H,3-7,16H2,1-2H3,(H,17,18,20);1H/t8-,11+;/m1./s1. The van der Waals surface area contributed by atoms with Gasteiger partial charge >= 0.3 is 0 Å². The highest BCUT2D eigenvalue weighted by Gasteiger charge is 2.35. The van der Waals surface area contributed by atoms with Crippen LogP contribution < -0.4 is 11.1 Å². The molecular weight excluding hydrogens is 338 g/mol. The molecule has 1 aromatic heterocycles. The van der Waals surface area contributed by atoms with Crippen molar-refractivity contribution in [2.45, 2.75) is 51.7 Å². The minimum Gasteiger partial charge on any atom is -0.364 e. The second kappa shape index (κ2) is 6.84. The summed E-state index contributed by atoms with van der Waals surface area (Å²) in [6.45, 7) is 4.55. The maximum absolute atomic E-state index is 12.2. The second-order valence-corrected chi connectivity index (χ2v) is 7.78. The molecule has 1 aliphatic heterocycles. The van der Waals surface area contributed by atoms with E-state index in [2.05, 4.69) is 24.1 Å². The zero-order valence-electron chi connectivity index (χ0n) is 13.3. The SMILES string of the molecule is CC1(C)CC(=O)c2sc(NC(=O)[C@@H]3CC[C@H](CN)O3)nc2C1.Cl. The average molecular weight is 360 g/mol. The number of hydrogen-bond donors (Lipinski definition) is 2. The van der Waals surface area contributed by atoms with E-state index in [0.717, 1.165) is 18.5 Å². The lowest BCUT2D eigenvalue weighted by molar-refractivity contribution is -0.126. The molecule has 0 unspecified atom stereocenters. The van der Waals surface area contributed by atoms with Gasteiger partial charge in [-0.1, -0.05) is 25.2 Å². The van der Waals surface area contributed by atoms with Gasteiger partial charge in [-0.25, -0.2) is 4.98 Å². The van der Waals surface area contributed by atoms with Crippen molar-refractivity contribution in [2.24, 2.45) is 11.1 Å². The fourth-order valence-electron chi connectivity index (χ4n) is 3.03. The minimum atomic E-state index is -0.471. The topological polar surface area (TPSA) is 94.3 Å². The minimum absolute atomic E-state index is 0. The smallest absolute Gasteiger partial charge is 0.255 e. The molecule has 1 aliphatic carbocycles. The number of hydrogen-bond acceptors (Lipinski definition) is 6. The number of ketones is 1. The van der Waals surface area contributed by atoms with Crippen LogP contribution in [0.15, 0.2) is 0 Å². The van der Waals surface area contributed by atoms with Crippen LogP contribution in [-0.4, -0.2) is 35.4 Å². The Kier molecular flexibility index (Phi) is 5.45. The Bertz CT molecular complexity index is 617. The van der Waals surface area contributed by atoms with Gasteiger partial charge in [0.05, 0.1) is 16.7 Å². The van der Waals surface area contributed by atoms with Gasteiger partial charge in [-0.05, 0) is 24.7 Å².